The van der Waals surface area contributed by atoms with Gasteiger partial charge in [-0.25, -0.2) is 0 Å². The van der Waals surface area contributed by atoms with Gasteiger partial charge < -0.3 is 15.0 Å². The summed E-state index contributed by atoms with van der Waals surface area (Å²) in [5.41, 5.74) is 2.08. The molecule has 0 saturated heterocycles. The summed E-state index contributed by atoms with van der Waals surface area (Å²) in [5, 5.41) is 3.12. The molecule has 0 atom stereocenters. The van der Waals surface area contributed by atoms with Gasteiger partial charge >= 0.3 is 0 Å². The van der Waals surface area contributed by atoms with Crippen molar-refractivity contribution in [3.8, 4) is 5.75 Å². The van der Waals surface area contributed by atoms with Crippen molar-refractivity contribution in [2.45, 2.75) is 19.8 Å². The number of amides is 1. The smallest absolute Gasteiger partial charge is 0.241 e. The van der Waals surface area contributed by atoms with E-state index in [9.17, 15) is 4.79 Å². The second-order valence-corrected chi connectivity index (χ2v) is 4.76. The molecule has 0 aliphatic carbocycles. The lowest BCUT2D eigenvalue weighted by atomic mass is 10.0. The molecule has 0 spiro atoms. The summed E-state index contributed by atoms with van der Waals surface area (Å²) in [6.45, 7) is 4.54. The summed E-state index contributed by atoms with van der Waals surface area (Å²) in [5.74, 6) is 1.24. The van der Waals surface area contributed by atoms with Crippen LogP contribution in [0.25, 0.3) is 0 Å². The van der Waals surface area contributed by atoms with Crippen LogP contribution >= 0.6 is 0 Å². The van der Waals surface area contributed by atoms with Crippen molar-refractivity contribution in [1.29, 1.82) is 0 Å². The highest BCUT2D eigenvalue weighted by molar-refractivity contribution is 5.81. The lowest BCUT2D eigenvalue weighted by Gasteiger charge is -2.16. The van der Waals surface area contributed by atoms with Crippen LogP contribution in [-0.4, -0.2) is 38.6 Å². The van der Waals surface area contributed by atoms with Crippen LogP contribution in [0.2, 0.25) is 0 Å². The van der Waals surface area contributed by atoms with Gasteiger partial charge in [0.25, 0.3) is 0 Å². The van der Waals surface area contributed by atoms with Crippen molar-refractivity contribution in [1.82, 2.24) is 4.90 Å². The first-order valence-electron chi connectivity index (χ1n) is 6.07. The van der Waals surface area contributed by atoms with Gasteiger partial charge in [0.05, 0.1) is 19.3 Å². The quantitative estimate of drug-likeness (QED) is 0.872. The molecule has 4 heteroatoms. The van der Waals surface area contributed by atoms with Gasteiger partial charge in [-0.2, -0.15) is 0 Å². The van der Waals surface area contributed by atoms with Crippen molar-refractivity contribution >= 4 is 11.6 Å². The van der Waals surface area contributed by atoms with Gasteiger partial charge in [0.15, 0.2) is 0 Å². The van der Waals surface area contributed by atoms with Crippen LogP contribution in [0.5, 0.6) is 5.75 Å². The van der Waals surface area contributed by atoms with Crippen molar-refractivity contribution in [2.24, 2.45) is 0 Å². The SMILES string of the molecule is COc1ccc(C(C)C)cc1NCC(=O)N(C)C. The zero-order valence-electron chi connectivity index (χ0n) is 11.8. The molecule has 18 heavy (non-hydrogen) atoms. The van der Waals surface area contributed by atoms with Crippen LogP contribution in [0.3, 0.4) is 0 Å². The Morgan fingerprint density at radius 1 is 1.39 bits per heavy atom. The highest BCUT2D eigenvalue weighted by atomic mass is 16.5. The van der Waals surface area contributed by atoms with Gasteiger partial charge in [-0.15, -0.1) is 0 Å². The van der Waals surface area contributed by atoms with Crippen LogP contribution in [0.1, 0.15) is 25.3 Å². The summed E-state index contributed by atoms with van der Waals surface area (Å²) < 4.78 is 5.29. The summed E-state index contributed by atoms with van der Waals surface area (Å²) >= 11 is 0. The highest BCUT2D eigenvalue weighted by Gasteiger charge is 2.09. The Bertz CT molecular complexity index is 414. The van der Waals surface area contributed by atoms with Crippen LogP contribution in [0.15, 0.2) is 18.2 Å². The normalized spacial score (nSPS) is 10.3. The molecular formula is C14H22N2O2. The topological polar surface area (TPSA) is 41.6 Å². The minimum Gasteiger partial charge on any atom is -0.495 e. The van der Waals surface area contributed by atoms with E-state index in [2.05, 4.69) is 19.2 Å². The lowest BCUT2D eigenvalue weighted by Crippen LogP contribution is -2.28. The maximum atomic E-state index is 11.6. The van der Waals surface area contributed by atoms with Gasteiger partial charge in [-0.3, -0.25) is 4.79 Å². The number of carbonyl (C=O) groups is 1. The predicted octanol–water partition coefficient (Wildman–Crippen LogP) is 2.32. The molecule has 4 nitrogen and oxygen atoms in total. The minimum absolute atomic E-state index is 0.0343. The number of hydrogen-bond donors (Lipinski definition) is 1. The van der Waals surface area contributed by atoms with Crippen LogP contribution in [0, 0.1) is 0 Å². The van der Waals surface area contributed by atoms with E-state index in [1.165, 1.54) is 5.56 Å². The molecule has 0 aromatic heterocycles. The van der Waals surface area contributed by atoms with Gasteiger partial charge in [-0.05, 0) is 23.6 Å². The average Bonchev–Trinajstić information content (AvgIpc) is 2.35. The number of likely N-dealkylation sites (N-methyl/N-ethyl adjacent to an activating group) is 1. The number of benzene rings is 1. The Morgan fingerprint density at radius 2 is 2.06 bits per heavy atom. The molecule has 0 fully saturated rings. The van der Waals surface area contributed by atoms with E-state index >= 15 is 0 Å². The first-order chi connectivity index (χ1) is 8.45. The highest BCUT2D eigenvalue weighted by Crippen LogP contribution is 2.28. The third-order valence-electron chi connectivity index (χ3n) is 2.82. The Morgan fingerprint density at radius 3 is 2.56 bits per heavy atom. The first-order valence-corrected chi connectivity index (χ1v) is 6.07. The molecule has 1 aromatic carbocycles. The summed E-state index contributed by atoms with van der Waals surface area (Å²) in [4.78, 5) is 13.1. The second kappa shape index (κ2) is 6.28. The van der Waals surface area contributed by atoms with E-state index in [1.807, 2.05) is 18.2 Å². The maximum absolute atomic E-state index is 11.6. The van der Waals surface area contributed by atoms with E-state index in [-0.39, 0.29) is 12.5 Å². The van der Waals surface area contributed by atoms with Gasteiger partial charge in [0.1, 0.15) is 5.75 Å². The molecule has 100 valence electrons. The fourth-order valence-electron chi connectivity index (χ4n) is 1.55. The van der Waals surface area contributed by atoms with E-state index in [1.54, 1.807) is 26.1 Å². The van der Waals surface area contributed by atoms with E-state index in [4.69, 9.17) is 4.74 Å². The number of methoxy groups -OCH3 is 1. The van der Waals surface area contributed by atoms with Crippen LogP contribution in [0.4, 0.5) is 5.69 Å². The molecule has 1 amide bonds. The van der Waals surface area contributed by atoms with Crippen LogP contribution in [-0.2, 0) is 4.79 Å². The summed E-state index contributed by atoms with van der Waals surface area (Å²) in [7, 11) is 5.11. The largest absolute Gasteiger partial charge is 0.495 e. The average molecular weight is 250 g/mol. The second-order valence-electron chi connectivity index (χ2n) is 4.76. The van der Waals surface area contributed by atoms with E-state index < -0.39 is 0 Å². The standard InChI is InChI=1S/C14H22N2O2/c1-10(2)11-6-7-13(18-5)12(8-11)15-9-14(17)16(3)4/h6-8,10,15H,9H2,1-5H3. The molecular weight excluding hydrogens is 228 g/mol. The molecule has 0 aliphatic rings. The number of nitrogens with zero attached hydrogens (tertiary/aromatic N) is 1. The number of anilines is 1. The molecule has 1 rings (SSSR count). The third-order valence-corrected chi connectivity index (χ3v) is 2.82. The molecule has 0 unspecified atom stereocenters. The molecule has 0 radical (unpaired) electrons. The number of ether oxygens (including phenoxy) is 1. The van der Waals surface area contributed by atoms with E-state index in [0.717, 1.165) is 11.4 Å². The van der Waals surface area contributed by atoms with Gasteiger partial charge in [0, 0.05) is 14.1 Å². The first kappa shape index (κ1) is 14.4. The van der Waals surface area contributed by atoms with Crippen molar-refractivity contribution in [3.63, 3.8) is 0 Å². The fourth-order valence-corrected chi connectivity index (χ4v) is 1.55. The number of hydrogen-bond acceptors (Lipinski definition) is 3. The Labute approximate surface area is 109 Å². The third kappa shape index (κ3) is 3.65. The Balaban J connectivity index is 2.85. The number of nitrogens with one attached hydrogen (secondary N) is 1. The molecule has 0 bridgehead atoms. The number of rotatable bonds is 5. The zero-order chi connectivity index (χ0) is 13.7. The zero-order valence-corrected chi connectivity index (χ0v) is 11.8. The summed E-state index contributed by atoms with van der Waals surface area (Å²) in [6.07, 6.45) is 0. The van der Waals surface area contributed by atoms with Crippen molar-refractivity contribution < 1.29 is 9.53 Å². The van der Waals surface area contributed by atoms with Crippen LogP contribution < -0.4 is 10.1 Å². The van der Waals surface area contributed by atoms with E-state index in [0.29, 0.717) is 5.92 Å². The molecule has 0 aliphatic heterocycles. The molecule has 0 saturated carbocycles. The summed E-state index contributed by atoms with van der Waals surface area (Å²) in [6, 6.07) is 6.01. The number of carbonyl (C=O) groups excluding carboxylic acids is 1. The van der Waals surface area contributed by atoms with Gasteiger partial charge in [0.2, 0.25) is 5.91 Å². The molecule has 1 N–H and O–H groups in total. The Hall–Kier alpha value is -1.71. The molecule has 0 heterocycles. The van der Waals surface area contributed by atoms with Crippen molar-refractivity contribution in [3.05, 3.63) is 23.8 Å². The Kier molecular flexibility index (Phi) is 5.01. The maximum Gasteiger partial charge on any atom is 0.241 e. The predicted molar refractivity (Wildman–Crippen MR) is 74.3 cm³/mol. The minimum atomic E-state index is 0.0343. The lowest BCUT2D eigenvalue weighted by molar-refractivity contribution is -0.126. The molecule has 1 aromatic rings. The monoisotopic (exact) mass is 250 g/mol. The van der Waals surface area contributed by atoms with Crippen molar-refractivity contribution in [2.75, 3.05) is 33.1 Å². The fraction of sp³-hybridized carbons (Fsp3) is 0.500. The van der Waals surface area contributed by atoms with Gasteiger partial charge in [-0.1, -0.05) is 19.9 Å².